The summed E-state index contributed by atoms with van der Waals surface area (Å²) in [7, 11) is 0. The molecule has 2 bridgehead atoms. The number of hydrogen-bond acceptors (Lipinski definition) is 3. The molecule has 0 amide bonds. The van der Waals surface area contributed by atoms with Crippen molar-refractivity contribution in [3.8, 4) is 0 Å². The SMILES string of the molecule is C=CCOC(=O)C1(C)[C@@H]2[C@@H]1[C@@H]1C=C[C@@H]2O1. The standard InChI is InChI=1S/C12H14O3/c1-3-6-14-11(13)12(2)9-7-4-5-8(15-7)10(9)12/h3-5,7-10H,1,6H2,2H3/t7-,8-,9-,10-/m0/s1. The van der Waals surface area contributed by atoms with E-state index in [-0.39, 0.29) is 23.6 Å². The minimum atomic E-state index is -0.319. The predicted molar refractivity (Wildman–Crippen MR) is 54.0 cm³/mol. The molecular weight excluding hydrogens is 192 g/mol. The van der Waals surface area contributed by atoms with Crippen molar-refractivity contribution in [3.05, 3.63) is 24.8 Å². The van der Waals surface area contributed by atoms with Crippen molar-refractivity contribution >= 4 is 5.97 Å². The number of rotatable bonds is 3. The van der Waals surface area contributed by atoms with Gasteiger partial charge in [-0.15, -0.1) is 0 Å². The van der Waals surface area contributed by atoms with Crippen LogP contribution in [0.5, 0.6) is 0 Å². The molecule has 0 aromatic heterocycles. The molecule has 2 aliphatic heterocycles. The third-order valence-corrected chi connectivity index (χ3v) is 3.95. The summed E-state index contributed by atoms with van der Waals surface area (Å²) in [5.41, 5.74) is -0.319. The van der Waals surface area contributed by atoms with E-state index in [1.807, 2.05) is 6.92 Å². The van der Waals surface area contributed by atoms with Crippen molar-refractivity contribution in [3.63, 3.8) is 0 Å². The van der Waals surface area contributed by atoms with Crippen molar-refractivity contribution < 1.29 is 14.3 Å². The van der Waals surface area contributed by atoms with Crippen LogP contribution in [0.15, 0.2) is 24.8 Å². The zero-order valence-corrected chi connectivity index (χ0v) is 8.68. The first-order chi connectivity index (χ1) is 7.19. The third kappa shape index (κ3) is 0.965. The quantitative estimate of drug-likeness (QED) is 0.516. The lowest BCUT2D eigenvalue weighted by atomic mass is 10.0. The number of esters is 1. The fourth-order valence-electron chi connectivity index (χ4n) is 3.13. The van der Waals surface area contributed by atoms with Gasteiger partial charge in [0.15, 0.2) is 0 Å². The molecule has 3 nitrogen and oxygen atoms in total. The monoisotopic (exact) mass is 206 g/mol. The van der Waals surface area contributed by atoms with Crippen molar-refractivity contribution in [1.82, 2.24) is 0 Å². The zero-order chi connectivity index (χ0) is 10.6. The molecule has 3 heteroatoms. The second-order valence-electron chi connectivity index (χ2n) is 4.67. The molecule has 0 spiro atoms. The first-order valence-electron chi connectivity index (χ1n) is 5.31. The largest absolute Gasteiger partial charge is 0.461 e. The molecule has 4 atom stereocenters. The summed E-state index contributed by atoms with van der Waals surface area (Å²) < 4.78 is 10.8. The molecule has 3 rings (SSSR count). The van der Waals surface area contributed by atoms with Crippen molar-refractivity contribution in [1.29, 1.82) is 0 Å². The van der Waals surface area contributed by atoms with Crippen LogP contribution in [0.4, 0.5) is 0 Å². The Morgan fingerprint density at radius 2 is 2.13 bits per heavy atom. The summed E-state index contributed by atoms with van der Waals surface area (Å²) in [6.45, 7) is 5.83. The maximum Gasteiger partial charge on any atom is 0.312 e. The first kappa shape index (κ1) is 9.16. The highest BCUT2D eigenvalue weighted by atomic mass is 16.5. The molecule has 80 valence electrons. The molecule has 15 heavy (non-hydrogen) atoms. The van der Waals surface area contributed by atoms with E-state index < -0.39 is 0 Å². The zero-order valence-electron chi connectivity index (χ0n) is 8.68. The molecule has 2 heterocycles. The van der Waals surface area contributed by atoms with E-state index in [9.17, 15) is 4.79 Å². The van der Waals surface area contributed by atoms with Crippen LogP contribution in [0.25, 0.3) is 0 Å². The fraction of sp³-hybridized carbons (Fsp3) is 0.583. The second kappa shape index (κ2) is 2.73. The Balaban J connectivity index is 1.74. The van der Waals surface area contributed by atoms with Crippen LogP contribution in [-0.4, -0.2) is 24.8 Å². The molecule has 1 aliphatic carbocycles. The summed E-state index contributed by atoms with van der Waals surface area (Å²) >= 11 is 0. The summed E-state index contributed by atoms with van der Waals surface area (Å²) in [4.78, 5) is 11.9. The van der Waals surface area contributed by atoms with E-state index in [4.69, 9.17) is 9.47 Å². The summed E-state index contributed by atoms with van der Waals surface area (Å²) in [6, 6.07) is 0. The molecule has 1 saturated carbocycles. The topological polar surface area (TPSA) is 35.5 Å². The van der Waals surface area contributed by atoms with Gasteiger partial charge in [-0.25, -0.2) is 0 Å². The van der Waals surface area contributed by atoms with Gasteiger partial charge < -0.3 is 9.47 Å². The average molecular weight is 206 g/mol. The van der Waals surface area contributed by atoms with Gasteiger partial charge in [0.1, 0.15) is 6.61 Å². The normalized spacial score (nSPS) is 48.9. The van der Waals surface area contributed by atoms with Crippen LogP contribution in [0.2, 0.25) is 0 Å². The van der Waals surface area contributed by atoms with Crippen LogP contribution in [-0.2, 0) is 14.3 Å². The van der Waals surface area contributed by atoms with E-state index in [2.05, 4.69) is 18.7 Å². The van der Waals surface area contributed by atoms with Gasteiger partial charge in [0.2, 0.25) is 0 Å². The third-order valence-electron chi connectivity index (χ3n) is 3.95. The highest BCUT2D eigenvalue weighted by Crippen LogP contribution is 2.69. The Bertz CT molecular complexity index is 340. The Morgan fingerprint density at radius 1 is 1.53 bits per heavy atom. The minimum absolute atomic E-state index is 0.0978. The molecule has 0 radical (unpaired) electrons. The Kier molecular flexibility index (Phi) is 1.67. The molecule has 0 N–H and O–H groups in total. The number of fused-ring (bicyclic) bond motifs is 5. The van der Waals surface area contributed by atoms with Gasteiger partial charge >= 0.3 is 5.97 Å². The van der Waals surface area contributed by atoms with E-state index in [0.717, 1.165) is 0 Å². The Morgan fingerprint density at radius 3 is 2.67 bits per heavy atom. The maximum atomic E-state index is 11.9. The van der Waals surface area contributed by atoms with Gasteiger partial charge in [0, 0.05) is 11.8 Å². The van der Waals surface area contributed by atoms with Crippen LogP contribution in [0.1, 0.15) is 6.92 Å². The average Bonchev–Trinajstić information content (AvgIpc) is 2.65. The lowest BCUT2D eigenvalue weighted by molar-refractivity contribution is -0.151. The van der Waals surface area contributed by atoms with Crippen LogP contribution < -0.4 is 0 Å². The van der Waals surface area contributed by atoms with Crippen LogP contribution in [0.3, 0.4) is 0 Å². The smallest absolute Gasteiger partial charge is 0.312 e. The molecule has 0 aromatic rings. The molecule has 1 saturated heterocycles. The van der Waals surface area contributed by atoms with E-state index in [1.54, 1.807) is 6.08 Å². The van der Waals surface area contributed by atoms with Crippen LogP contribution in [0, 0.1) is 17.3 Å². The van der Waals surface area contributed by atoms with Gasteiger partial charge in [-0.05, 0) is 6.92 Å². The van der Waals surface area contributed by atoms with Crippen molar-refractivity contribution in [2.75, 3.05) is 6.61 Å². The molecule has 0 aromatic carbocycles. The number of ether oxygens (including phenoxy) is 2. The second-order valence-corrected chi connectivity index (χ2v) is 4.67. The minimum Gasteiger partial charge on any atom is -0.461 e. The lowest BCUT2D eigenvalue weighted by Gasteiger charge is -2.17. The van der Waals surface area contributed by atoms with Crippen molar-refractivity contribution in [2.24, 2.45) is 17.3 Å². The lowest BCUT2D eigenvalue weighted by Crippen LogP contribution is -2.27. The predicted octanol–water partition coefficient (Wildman–Crippen LogP) is 1.31. The number of carbonyl (C=O) groups is 1. The number of hydrogen-bond donors (Lipinski definition) is 0. The molecule has 3 aliphatic rings. The van der Waals surface area contributed by atoms with E-state index in [1.165, 1.54) is 0 Å². The molecule has 0 unspecified atom stereocenters. The Hall–Kier alpha value is -1.09. The fourth-order valence-corrected chi connectivity index (χ4v) is 3.13. The van der Waals surface area contributed by atoms with Gasteiger partial charge in [-0.1, -0.05) is 24.8 Å². The van der Waals surface area contributed by atoms with Gasteiger partial charge in [-0.3, -0.25) is 4.79 Å². The summed E-state index contributed by atoms with van der Waals surface area (Å²) in [5.74, 6) is 0.578. The molecular formula is C12H14O3. The molecule has 2 fully saturated rings. The van der Waals surface area contributed by atoms with E-state index >= 15 is 0 Å². The number of carbonyl (C=O) groups excluding carboxylic acids is 1. The van der Waals surface area contributed by atoms with Gasteiger partial charge in [0.25, 0.3) is 0 Å². The Labute approximate surface area is 88.7 Å². The maximum absolute atomic E-state index is 11.9. The van der Waals surface area contributed by atoms with Gasteiger partial charge in [0.05, 0.1) is 17.6 Å². The van der Waals surface area contributed by atoms with Crippen molar-refractivity contribution in [2.45, 2.75) is 19.1 Å². The highest BCUT2D eigenvalue weighted by Gasteiger charge is 2.76. The summed E-state index contributed by atoms with van der Waals surface area (Å²) in [5, 5.41) is 0. The highest BCUT2D eigenvalue weighted by molar-refractivity contribution is 5.82. The van der Waals surface area contributed by atoms with Gasteiger partial charge in [-0.2, -0.15) is 0 Å². The first-order valence-corrected chi connectivity index (χ1v) is 5.31. The van der Waals surface area contributed by atoms with Crippen LogP contribution >= 0.6 is 0 Å². The van der Waals surface area contributed by atoms with E-state index in [0.29, 0.717) is 18.4 Å². The summed E-state index contributed by atoms with van der Waals surface area (Å²) in [6.07, 6.45) is 6.01.